The van der Waals surface area contributed by atoms with E-state index < -0.39 is 60.2 Å². The van der Waals surface area contributed by atoms with Crippen LogP contribution < -0.4 is 5.32 Å². The molecule has 0 spiro atoms. The number of hydrogen-bond acceptors (Lipinski definition) is 12. The molecule has 1 N–H and O–H groups in total. The Morgan fingerprint density at radius 1 is 0.662 bits per heavy atom. The molecule has 4 saturated heterocycles. The zero-order valence-electron chi connectivity index (χ0n) is 52.4. The van der Waals surface area contributed by atoms with Gasteiger partial charge in [-0.2, -0.15) is 13.2 Å². The Bertz CT molecular complexity index is 1770. The molecule has 4 heterocycles. The monoisotopic (exact) mass is 1180 g/mol. The highest BCUT2D eigenvalue weighted by molar-refractivity contribution is 7.91. The molecule has 5 aliphatic rings. The Kier molecular flexibility index (Phi) is 44.5. The number of amides is 1. The maximum Gasteiger partial charge on any atom is 0.405 e. The third kappa shape index (κ3) is 53.8. The molecular weight excluding hydrogens is 1070 g/mol. The lowest BCUT2D eigenvalue weighted by Crippen LogP contribution is -2.58. The molecule has 0 bridgehead atoms. The first-order chi connectivity index (χ1) is 34.8. The van der Waals surface area contributed by atoms with Crippen LogP contribution in [0.4, 0.5) is 22.0 Å². The first-order valence-corrected chi connectivity index (χ1v) is 33.9. The van der Waals surface area contributed by atoms with Gasteiger partial charge in [-0.1, -0.05) is 90.0 Å². The van der Waals surface area contributed by atoms with Crippen LogP contribution in [0.3, 0.4) is 0 Å². The van der Waals surface area contributed by atoms with Gasteiger partial charge < -0.3 is 14.8 Å². The van der Waals surface area contributed by atoms with Crippen molar-refractivity contribution < 1.29 is 61.5 Å². The average Bonchev–Trinajstić information content (AvgIpc) is 4.10. The van der Waals surface area contributed by atoms with Crippen molar-refractivity contribution in [3.05, 3.63) is 0 Å². The minimum Gasteiger partial charge on any atom is -0.385 e. The van der Waals surface area contributed by atoms with Gasteiger partial charge in [-0.3, -0.25) is 19.5 Å². The number of ether oxygens (including phenoxy) is 2. The predicted molar refractivity (Wildman–Crippen MR) is 312 cm³/mol. The molecule has 1 aliphatic carbocycles. The SMILES string of the molecule is CC(C)C.CC(C)C(=O)NCC(F)(F)F.CC(C)C1CC1.CC(C)C1CN(S(C)(=O)=O)C1.CC(C)CCS(C)(=O)=O.CC(C)N1CC(F)(F)C1.CC(C)N1CCOCC1.CC(C)N1CCS(=O)(=O)CC1.COCCC(C)C. The smallest absolute Gasteiger partial charge is 0.385 e. The van der Waals surface area contributed by atoms with E-state index in [1.807, 2.05) is 27.7 Å². The molecule has 0 radical (unpaired) electrons. The van der Waals surface area contributed by atoms with E-state index in [0.717, 1.165) is 76.1 Å². The van der Waals surface area contributed by atoms with Crippen LogP contribution in [0.2, 0.25) is 0 Å². The van der Waals surface area contributed by atoms with Crippen LogP contribution in [-0.2, 0) is 44.0 Å². The normalized spacial score (nSPS) is 18.9. The van der Waals surface area contributed by atoms with E-state index in [1.165, 1.54) is 49.9 Å². The van der Waals surface area contributed by atoms with Crippen LogP contribution in [-0.4, -0.2) is 196 Å². The molecule has 5 rings (SSSR count). The Morgan fingerprint density at radius 3 is 1.26 bits per heavy atom. The van der Waals surface area contributed by atoms with Gasteiger partial charge in [0, 0.05) is 83.3 Å². The van der Waals surface area contributed by atoms with Gasteiger partial charge in [0.15, 0.2) is 9.84 Å². The van der Waals surface area contributed by atoms with Crippen LogP contribution in [0.15, 0.2) is 0 Å². The second kappa shape index (κ2) is 41.7. The van der Waals surface area contributed by atoms with Crippen LogP contribution in [0.1, 0.15) is 157 Å². The van der Waals surface area contributed by atoms with E-state index in [-0.39, 0.29) is 19.1 Å². The second-order valence-electron chi connectivity index (χ2n) is 24.3. The van der Waals surface area contributed by atoms with Gasteiger partial charge in [0.25, 0.3) is 5.92 Å². The van der Waals surface area contributed by atoms with Gasteiger partial charge in [0.1, 0.15) is 16.4 Å². The highest BCUT2D eigenvalue weighted by atomic mass is 32.2. The molecule has 4 aliphatic heterocycles. The molecule has 0 aromatic heterocycles. The number of nitrogens with one attached hydrogen (secondary N) is 1. The van der Waals surface area contributed by atoms with Gasteiger partial charge >= 0.3 is 6.18 Å². The standard InChI is InChI=1S/2C7H15NO2S.C7H15NO.C6H10F3NO.C6H11F2N.C6H14O2S.C6H14O.C6H12.C4H10/c1-6(2)7-4-8(5-7)11(3,9)10;1-7(2)8-3-5-11(9,10)6-4-8;1-7(2)8-3-5-9-6-4-8;1-4(2)5(11)10-3-6(7,8)9;1-5(2)9-3-6(7,8)4-9;1-6(2)4-5-9(3,7)8;1-6(2)4-5-7-3;1-5(2)6-3-4-6;1-4(2)3/h6-7H,4-5H2,1-3H3;7H,3-6H2,1-2H3;7H,3-6H2,1-2H3;4H,3H2,1-2H3,(H,10,11);5H,3-4H2,1-2H3;6H,4-5H2,1-3H3;6H,4-5H2,1-3H3;5-6H,3-4H2,1-2H3;4H,1-3H3. The number of hydrogen-bond donors (Lipinski definition) is 1. The number of methoxy groups -OCH3 is 1. The van der Waals surface area contributed by atoms with Gasteiger partial charge in [-0.15, -0.1) is 0 Å². The highest BCUT2D eigenvalue weighted by Gasteiger charge is 2.44. The maximum absolute atomic E-state index is 12.1. The van der Waals surface area contributed by atoms with Crippen LogP contribution in [0.5, 0.6) is 0 Å². The lowest BCUT2D eigenvalue weighted by Gasteiger charge is -2.41. The number of carbonyl (C=O) groups excluding carboxylic acids is 1. The fourth-order valence-corrected chi connectivity index (χ4v) is 9.42. The van der Waals surface area contributed by atoms with Crippen molar-refractivity contribution in [2.45, 2.75) is 187 Å². The molecule has 0 atom stereocenters. The summed E-state index contributed by atoms with van der Waals surface area (Å²) >= 11 is 0. The summed E-state index contributed by atoms with van der Waals surface area (Å²) in [5.41, 5.74) is 0. The summed E-state index contributed by atoms with van der Waals surface area (Å²) in [5.74, 6) is 2.96. The number of carbonyl (C=O) groups is 1. The predicted octanol–water partition coefficient (Wildman–Crippen LogP) is 10.5. The second-order valence-corrected chi connectivity index (χ2v) is 30.8. The van der Waals surface area contributed by atoms with E-state index in [1.54, 1.807) is 17.3 Å². The van der Waals surface area contributed by atoms with Crippen LogP contribution >= 0.6 is 0 Å². The number of sulfone groups is 2. The lowest BCUT2D eigenvalue weighted by molar-refractivity contribution is -0.141. The minimum absolute atomic E-state index is 0.0509. The van der Waals surface area contributed by atoms with Crippen molar-refractivity contribution in [2.75, 3.05) is 116 Å². The fraction of sp³-hybridized carbons (Fsp3) is 0.982. The Balaban J connectivity index is -0.000000394. The number of nitrogens with zero attached hydrogens (tertiary/aromatic N) is 4. The number of morpholine rings is 1. The summed E-state index contributed by atoms with van der Waals surface area (Å²) < 4.78 is 135. The van der Waals surface area contributed by atoms with E-state index in [0.29, 0.717) is 60.2 Å². The Morgan fingerprint density at radius 2 is 1.05 bits per heavy atom. The van der Waals surface area contributed by atoms with Gasteiger partial charge in [0.05, 0.1) is 49.8 Å². The van der Waals surface area contributed by atoms with Crippen LogP contribution in [0, 0.1) is 47.3 Å². The number of rotatable bonds is 14. The zero-order chi connectivity index (χ0) is 61.3. The molecule has 1 saturated carbocycles. The summed E-state index contributed by atoms with van der Waals surface area (Å²) in [7, 11) is -6.57. The summed E-state index contributed by atoms with van der Waals surface area (Å²) in [6, 6.07) is 1.43. The molecule has 14 nitrogen and oxygen atoms in total. The van der Waals surface area contributed by atoms with E-state index in [2.05, 4.69) is 99.8 Å². The summed E-state index contributed by atoms with van der Waals surface area (Å²) in [4.78, 5) is 17.0. The highest BCUT2D eigenvalue weighted by Crippen LogP contribution is 2.35. The minimum atomic E-state index is -4.31. The molecule has 0 unspecified atom stereocenters. The summed E-state index contributed by atoms with van der Waals surface area (Å²) in [6.07, 6.45) is 3.17. The molecule has 0 aromatic carbocycles. The molecular formula is C55H116F5N5O9S3. The van der Waals surface area contributed by atoms with Crippen LogP contribution in [0.25, 0.3) is 0 Å². The third-order valence-corrected chi connectivity index (χ3v) is 16.1. The quantitative estimate of drug-likeness (QED) is 0.164. The van der Waals surface area contributed by atoms with Crippen molar-refractivity contribution in [1.82, 2.24) is 24.3 Å². The number of likely N-dealkylation sites (tertiary alicyclic amines) is 1. The average molecular weight is 1180 g/mol. The van der Waals surface area contributed by atoms with Crippen molar-refractivity contribution in [3.8, 4) is 0 Å². The molecule has 22 heteroatoms. The molecule has 77 heavy (non-hydrogen) atoms. The fourth-order valence-electron chi connectivity index (χ4n) is 6.37. The number of halogens is 5. The molecule has 5 fully saturated rings. The van der Waals surface area contributed by atoms with Crippen molar-refractivity contribution in [2.24, 2.45) is 47.3 Å². The summed E-state index contributed by atoms with van der Waals surface area (Å²) in [6.45, 7) is 45.8. The Labute approximate surface area is 469 Å². The Hall–Kier alpha value is -1.27. The van der Waals surface area contributed by atoms with Gasteiger partial charge in [-0.25, -0.2) is 38.3 Å². The first kappa shape index (κ1) is 82.2. The van der Waals surface area contributed by atoms with Gasteiger partial charge in [0.2, 0.25) is 15.9 Å². The van der Waals surface area contributed by atoms with E-state index >= 15 is 0 Å². The summed E-state index contributed by atoms with van der Waals surface area (Å²) in [5, 5.41) is 1.76. The number of sulfonamides is 1. The van der Waals surface area contributed by atoms with Crippen molar-refractivity contribution >= 4 is 35.6 Å². The molecule has 1 amide bonds. The lowest BCUT2D eigenvalue weighted by atomic mass is 9.91. The zero-order valence-corrected chi connectivity index (χ0v) is 54.8. The van der Waals surface area contributed by atoms with Crippen molar-refractivity contribution in [1.29, 1.82) is 0 Å². The van der Waals surface area contributed by atoms with Crippen molar-refractivity contribution in [3.63, 3.8) is 0 Å². The topological polar surface area (TPSA) is 163 Å². The largest absolute Gasteiger partial charge is 0.405 e. The van der Waals surface area contributed by atoms with Gasteiger partial charge in [-0.05, 0) is 109 Å². The third-order valence-electron chi connectivity index (χ3n) is 12.3. The number of alkyl halides is 5. The van der Waals surface area contributed by atoms with E-state index in [9.17, 15) is 52.0 Å². The maximum atomic E-state index is 12.1. The van der Waals surface area contributed by atoms with E-state index in [4.69, 9.17) is 9.47 Å². The molecule has 0 aromatic rings. The molecule has 468 valence electrons. The first-order valence-electron chi connectivity index (χ1n) is 28.1.